The summed E-state index contributed by atoms with van der Waals surface area (Å²) in [7, 11) is 0. The Morgan fingerprint density at radius 3 is 2.56 bits per heavy atom. The first kappa shape index (κ1) is 14.0. The molecule has 1 fully saturated rings. The predicted octanol–water partition coefficient (Wildman–Crippen LogP) is 4.46. The minimum absolute atomic E-state index is 0.245. The van der Waals surface area contributed by atoms with Crippen LogP contribution in [0.4, 0.5) is 4.39 Å². The number of aliphatic hydroxyl groups is 1. The van der Waals surface area contributed by atoms with Gasteiger partial charge >= 0.3 is 0 Å². The molecule has 0 aliphatic heterocycles. The van der Waals surface area contributed by atoms with Gasteiger partial charge in [-0.1, -0.05) is 29.3 Å². The van der Waals surface area contributed by atoms with Gasteiger partial charge in [-0.05, 0) is 55.4 Å². The summed E-state index contributed by atoms with van der Waals surface area (Å²) in [5.74, 6) is 0.509. The van der Waals surface area contributed by atoms with Crippen molar-refractivity contribution in [2.45, 2.75) is 51.0 Å². The molecule has 0 aromatic heterocycles. The molecule has 1 N–H and O–H groups in total. The van der Waals surface area contributed by atoms with E-state index in [0.717, 1.165) is 41.6 Å². The molecule has 0 bridgehead atoms. The van der Waals surface area contributed by atoms with Crippen molar-refractivity contribution in [3.8, 4) is 0 Å². The molecule has 1 saturated carbocycles. The van der Waals surface area contributed by atoms with Crippen LogP contribution in [0.1, 0.15) is 44.6 Å². The van der Waals surface area contributed by atoms with Crippen molar-refractivity contribution in [2.75, 3.05) is 0 Å². The summed E-state index contributed by atoms with van der Waals surface area (Å²) in [6.45, 7) is 2.21. The average Bonchev–Trinajstić information content (AvgIpc) is 2.28. The van der Waals surface area contributed by atoms with Crippen LogP contribution in [0.25, 0.3) is 0 Å². The highest BCUT2D eigenvalue weighted by molar-refractivity contribution is 9.10. The lowest BCUT2D eigenvalue weighted by atomic mass is 9.75. The van der Waals surface area contributed by atoms with Crippen molar-refractivity contribution in [1.29, 1.82) is 0 Å². The molecule has 0 unspecified atom stereocenters. The van der Waals surface area contributed by atoms with Gasteiger partial charge in [0.05, 0.1) is 5.60 Å². The van der Waals surface area contributed by atoms with Crippen LogP contribution in [0.2, 0.25) is 0 Å². The number of hydrogen-bond donors (Lipinski definition) is 1. The summed E-state index contributed by atoms with van der Waals surface area (Å²) < 4.78 is 14.1. The maximum Gasteiger partial charge on any atom is 0.124 e. The molecule has 1 aliphatic rings. The maximum atomic E-state index is 13.3. The van der Waals surface area contributed by atoms with Gasteiger partial charge in [-0.25, -0.2) is 4.39 Å². The van der Waals surface area contributed by atoms with Gasteiger partial charge in [-0.3, -0.25) is 0 Å². The van der Waals surface area contributed by atoms with Crippen molar-refractivity contribution in [1.82, 2.24) is 0 Å². The largest absolute Gasteiger partial charge is 0.390 e. The molecule has 0 spiro atoms. The SMILES string of the molecule is CCC1CCC(O)(Cc2cc(F)cc(Br)c2)CC1. The van der Waals surface area contributed by atoms with E-state index < -0.39 is 5.60 Å². The number of halogens is 2. The third-order valence-electron chi connectivity index (χ3n) is 4.07. The van der Waals surface area contributed by atoms with Crippen molar-refractivity contribution < 1.29 is 9.50 Å². The van der Waals surface area contributed by atoms with Gasteiger partial charge in [-0.15, -0.1) is 0 Å². The van der Waals surface area contributed by atoms with Crippen LogP contribution in [0.3, 0.4) is 0 Å². The Morgan fingerprint density at radius 1 is 1.33 bits per heavy atom. The monoisotopic (exact) mass is 314 g/mol. The third-order valence-corrected chi connectivity index (χ3v) is 4.53. The minimum atomic E-state index is -0.640. The van der Waals surface area contributed by atoms with Crippen LogP contribution < -0.4 is 0 Å². The van der Waals surface area contributed by atoms with E-state index >= 15 is 0 Å². The van der Waals surface area contributed by atoms with Gasteiger partial charge in [-0.2, -0.15) is 0 Å². The lowest BCUT2D eigenvalue weighted by Gasteiger charge is -2.36. The minimum Gasteiger partial charge on any atom is -0.390 e. The maximum absolute atomic E-state index is 13.3. The molecule has 100 valence electrons. The van der Waals surface area contributed by atoms with E-state index in [0.29, 0.717) is 6.42 Å². The number of rotatable bonds is 3. The van der Waals surface area contributed by atoms with Crippen LogP contribution in [0.5, 0.6) is 0 Å². The van der Waals surface area contributed by atoms with Gasteiger partial charge in [0, 0.05) is 10.9 Å². The predicted molar refractivity (Wildman–Crippen MR) is 75.0 cm³/mol. The van der Waals surface area contributed by atoms with Crippen LogP contribution in [0.15, 0.2) is 22.7 Å². The van der Waals surface area contributed by atoms with E-state index in [4.69, 9.17) is 0 Å². The van der Waals surface area contributed by atoms with Crippen LogP contribution in [0, 0.1) is 11.7 Å². The van der Waals surface area contributed by atoms with Gasteiger partial charge in [0.25, 0.3) is 0 Å². The number of benzene rings is 1. The summed E-state index contributed by atoms with van der Waals surface area (Å²) in [4.78, 5) is 0. The zero-order valence-electron chi connectivity index (χ0n) is 10.8. The Labute approximate surface area is 117 Å². The molecule has 1 aromatic carbocycles. The quantitative estimate of drug-likeness (QED) is 0.873. The molecule has 1 aromatic rings. The van der Waals surface area contributed by atoms with E-state index in [-0.39, 0.29) is 5.82 Å². The van der Waals surface area contributed by atoms with E-state index in [1.54, 1.807) is 0 Å². The second-order valence-corrected chi connectivity index (χ2v) is 6.45. The fourth-order valence-corrected chi connectivity index (χ4v) is 3.41. The van der Waals surface area contributed by atoms with E-state index in [1.807, 2.05) is 6.07 Å². The Morgan fingerprint density at radius 2 is 2.00 bits per heavy atom. The highest BCUT2D eigenvalue weighted by atomic mass is 79.9. The molecule has 0 radical (unpaired) electrons. The smallest absolute Gasteiger partial charge is 0.124 e. The average molecular weight is 315 g/mol. The second kappa shape index (κ2) is 5.70. The van der Waals surface area contributed by atoms with Crippen molar-refractivity contribution >= 4 is 15.9 Å². The fraction of sp³-hybridized carbons (Fsp3) is 0.600. The third kappa shape index (κ3) is 3.55. The summed E-state index contributed by atoms with van der Waals surface area (Å²) in [6.07, 6.45) is 5.59. The molecule has 3 heteroatoms. The first-order valence-corrected chi connectivity index (χ1v) is 7.47. The molecule has 2 rings (SSSR count). The van der Waals surface area contributed by atoms with Crippen molar-refractivity contribution in [3.05, 3.63) is 34.1 Å². The fourth-order valence-electron chi connectivity index (χ4n) is 2.89. The normalized spacial score (nSPS) is 28.3. The highest BCUT2D eigenvalue weighted by Crippen LogP contribution is 2.36. The van der Waals surface area contributed by atoms with Gasteiger partial charge in [0.15, 0.2) is 0 Å². The zero-order chi connectivity index (χ0) is 13.2. The standard InChI is InChI=1S/C15H20BrFO/c1-2-11-3-5-15(18,6-4-11)10-12-7-13(16)9-14(17)8-12/h7-9,11,18H,2-6,10H2,1H3. The lowest BCUT2D eigenvalue weighted by Crippen LogP contribution is -2.36. The molecular formula is C15H20BrFO. The highest BCUT2D eigenvalue weighted by Gasteiger charge is 2.32. The summed E-state index contributed by atoms with van der Waals surface area (Å²) in [5.41, 5.74) is 0.234. The van der Waals surface area contributed by atoms with E-state index in [2.05, 4.69) is 22.9 Å². The molecule has 0 heterocycles. The van der Waals surface area contributed by atoms with Crippen LogP contribution >= 0.6 is 15.9 Å². The first-order chi connectivity index (χ1) is 8.50. The Kier molecular flexibility index (Phi) is 4.44. The van der Waals surface area contributed by atoms with Gasteiger partial charge < -0.3 is 5.11 Å². The molecule has 0 saturated heterocycles. The summed E-state index contributed by atoms with van der Waals surface area (Å²) in [5, 5.41) is 10.6. The number of hydrogen-bond acceptors (Lipinski definition) is 1. The Hall–Kier alpha value is -0.410. The van der Waals surface area contributed by atoms with Crippen LogP contribution in [-0.2, 0) is 6.42 Å². The topological polar surface area (TPSA) is 20.2 Å². The van der Waals surface area contributed by atoms with E-state index in [9.17, 15) is 9.50 Å². The van der Waals surface area contributed by atoms with E-state index in [1.165, 1.54) is 18.6 Å². The molecule has 0 atom stereocenters. The van der Waals surface area contributed by atoms with Gasteiger partial charge in [0.1, 0.15) is 5.82 Å². The summed E-state index contributed by atoms with van der Waals surface area (Å²) in [6, 6.07) is 4.86. The first-order valence-electron chi connectivity index (χ1n) is 6.68. The molecule has 1 nitrogen and oxygen atoms in total. The molecule has 0 amide bonds. The zero-order valence-corrected chi connectivity index (χ0v) is 12.3. The second-order valence-electron chi connectivity index (χ2n) is 5.53. The molecule has 1 aliphatic carbocycles. The lowest BCUT2D eigenvalue weighted by molar-refractivity contribution is -0.00926. The molecular weight excluding hydrogens is 295 g/mol. The van der Waals surface area contributed by atoms with Crippen LogP contribution in [-0.4, -0.2) is 10.7 Å². The summed E-state index contributed by atoms with van der Waals surface area (Å²) >= 11 is 3.29. The van der Waals surface area contributed by atoms with Crippen molar-refractivity contribution in [2.24, 2.45) is 5.92 Å². The molecule has 18 heavy (non-hydrogen) atoms. The Bertz CT molecular complexity index is 391. The van der Waals surface area contributed by atoms with Gasteiger partial charge in [0.2, 0.25) is 0 Å². The Balaban J connectivity index is 2.04. The van der Waals surface area contributed by atoms with Crippen molar-refractivity contribution in [3.63, 3.8) is 0 Å².